The second-order valence-corrected chi connectivity index (χ2v) is 29.2. The molecule has 0 radical (unpaired) electrons. The fourth-order valence-electron chi connectivity index (χ4n) is 13.5. The van der Waals surface area contributed by atoms with Gasteiger partial charge in [-0.25, -0.2) is 13.4 Å². The molecule has 2 saturated heterocycles. The highest BCUT2D eigenvalue weighted by Crippen LogP contribution is 2.43. The molecule has 21 nitrogen and oxygen atoms in total. The monoisotopic (exact) mass is 1400 g/mol. The molecule has 6 heterocycles. The molecule has 4 atom stereocenters. The van der Waals surface area contributed by atoms with Gasteiger partial charge in [0.15, 0.2) is 32.8 Å². The number of hydrogen-bond donors (Lipinski definition) is 2. The molecule has 99 heavy (non-hydrogen) atoms. The molecule has 0 unspecified atom stereocenters. The number of carbonyl (C=O) groups excluding carboxylic acids is 6. The molecule has 6 amide bonds. The summed E-state index contributed by atoms with van der Waals surface area (Å²) in [6, 6.07) is 44.9. The van der Waals surface area contributed by atoms with Crippen LogP contribution in [0.2, 0.25) is 0 Å². The largest absolute Gasteiger partial charge is 0.493 e. The van der Waals surface area contributed by atoms with Crippen molar-refractivity contribution in [3.05, 3.63) is 211 Å². The maximum atomic E-state index is 14.4. The van der Waals surface area contributed by atoms with Crippen molar-refractivity contribution in [3.8, 4) is 23.0 Å². The van der Waals surface area contributed by atoms with Crippen LogP contribution >= 0.6 is 22.7 Å². The summed E-state index contributed by atoms with van der Waals surface area (Å²) in [4.78, 5) is 99.1. The van der Waals surface area contributed by atoms with E-state index in [-0.39, 0.29) is 63.2 Å². The van der Waals surface area contributed by atoms with E-state index in [4.69, 9.17) is 18.9 Å². The van der Waals surface area contributed by atoms with Crippen LogP contribution in [0.1, 0.15) is 153 Å². The number of ether oxygens (including phenoxy) is 4. The van der Waals surface area contributed by atoms with Crippen LogP contribution < -0.4 is 39.4 Å². The van der Waals surface area contributed by atoms with E-state index in [1.807, 2.05) is 61.5 Å². The topological polar surface area (TPSA) is 230 Å². The number of aromatic nitrogens is 1. The van der Waals surface area contributed by atoms with Crippen LogP contribution in [0, 0.1) is 6.92 Å². The first-order chi connectivity index (χ1) is 47.8. The van der Waals surface area contributed by atoms with Gasteiger partial charge in [-0.15, -0.1) is 22.7 Å². The normalized spacial score (nSPS) is 16.1. The number of rotatable bonds is 25. The third kappa shape index (κ3) is 15.5. The molecule has 12 rings (SSSR count). The smallest absolute Gasteiger partial charge is 0.270 e. The zero-order valence-corrected chi connectivity index (χ0v) is 59.3. The molecule has 0 spiro atoms. The van der Waals surface area contributed by atoms with Crippen LogP contribution in [-0.4, -0.2) is 169 Å². The van der Waals surface area contributed by atoms with Crippen molar-refractivity contribution < 1.29 is 56.1 Å². The van der Waals surface area contributed by atoms with Crippen molar-refractivity contribution in [2.75, 3.05) is 110 Å². The van der Waals surface area contributed by atoms with E-state index in [9.17, 15) is 37.2 Å². The van der Waals surface area contributed by atoms with E-state index >= 15 is 0 Å². The molecular formula is C75H83N9O12S3. The third-order valence-corrected chi connectivity index (χ3v) is 22.6. The number of imide groups is 2. The Morgan fingerprint density at radius 1 is 0.515 bits per heavy atom. The highest BCUT2D eigenvalue weighted by molar-refractivity contribution is 7.92. The van der Waals surface area contributed by atoms with Crippen molar-refractivity contribution >= 4 is 79.3 Å². The van der Waals surface area contributed by atoms with Crippen LogP contribution in [-0.2, 0) is 9.84 Å². The van der Waals surface area contributed by atoms with E-state index < -0.39 is 21.9 Å². The van der Waals surface area contributed by atoms with Gasteiger partial charge >= 0.3 is 0 Å². The van der Waals surface area contributed by atoms with Crippen LogP contribution in [0.15, 0.2) is 155 Å². The number of carbonyl (C=O) groups is 6. The number of benzene rings is 6. The number of fused-ring (bicyclic) bond motifs is 2. The van der Waals surface area contributed by atoms with Crippen LogP contribution in [0.3, 0.4) is 0 Å². The minimum atomic E-state index is -3.42. The van der Waals surface area contributed by atoms with Gasteiger partial charge in [-0.3, -0.25) is 48.4 Å². The number of methoxy groups -OCH3 is 4. The average Bonchev–Trinajstić information content (AvgIpc) is 1.60. The Morgan fingerprint density at radius 3 is 1.34 bits per heavy atom. The molecule has 518 valence electrons. The first-order valence-corrected chi connectivity index (χ1v) is 36.7. The van der Waals surface area contributed by atoms with E-state index in [0.29, 0.717) is 102 Å². The van der Waals surface area contributed by atoms with E-state index in [2.05, 4.69) is 97.6 Å². The van der Waals surface area contributed by atoms with Gasteiger partial charge in [-0.1, -0.05) is 84.9 Å². The molecule has 24 heteroatoms. The first-order valence-electron chi connectivity index (χ1n) is 33.1. The van der Waals surface area contributed by atoms with Gasteiger partial charge in [0.2, 0.25) is 0 Å². The van der Waals surface area contributed by atoms with Gasteiger partial charge < -0.3 is 39.4 Å². The molecular weight excluding hydrogens is 1320 g/mol. The zero-order valence-electron chi connectivity index (χ0n) is 56.9. The lowest BCUT2D eigenvalue weighted by molar-refractivity contribution is 0.0556. The molecule has 8 aromatic rings. The number of thiophene rings is 1. The summed E-state index contributed by atoms with van der Waals surface area (Å²) in [6.45, 7) is 13.1. The highest BCUT2D eigenvalue weighted by Gasteiger charge is 2.45. The summed E-state index contributed by atoms with van der Waals surface area (Å²) >= 11 is 2.34. The van der Waals surface area contributed by atoms with Crippen molar-refractivity contribution in [3.63, 3.8) is 0 Å². The molecule has 2 fully saturated rings. The molecule has 6 aromatic carbocycles. The number of aryl methyl sites for hydroxylation is 1. The number of hydrogen-bond acceptors (Lipinski definition) is 19. The molecule has 2 N–H and O–H groups in total. The third-order valence-electron chi connectivity index (χ3n) is 18.9. The Kier molecular flexibility index (Phi) is 22.6. The van der Waals surface area contributed by atoms with Gasteiger partial charge in [-0.05, 0) is 129 Å². The fourth-order valence-corrected chi connectivity index (χ4v) is 16.0. The van der Waals surface area contributed by atoms with Crippen molar-refractivity contribution in [2.24, 2.45) is 0 Å². The Morgan fingerprint density at radius 2 is 0.949 bits per heavy atom. The standard InChI is InChI=1S/C38H42N4O7S2.C37H41N5O5S/c1-25(26-10-6-5-7-11-26)40-20-22-41(23-21-40)30-13-8-12-28-35(30)38(45)42(37(28)44)29(27-15-16-31(48-2)32(24-27)49-3)14-9-19-39-36(43)33-17-18-34(50-33)51(4,46)47;1-24(26-10-6-5-7-11-26)40-18-20-41(21-19-40)31-13-8-12-28-34(31)37(45)42(36(28)44)30(27-15-16-32(46-3)33(22-27)47-4)14-9-17-38-35(43)29-23-48-25(2)39-29/h5-8,10-13,15-18,24-25,29H,9,14,19-23H2,1-4H3,(H,39,43);5-8,10-13,15-16,22-24,30H,9,14,17-21H2,1-4H3,(H,38,43)/t25-,29-;24-,30-/m11/s1. The van der Waals surface area contributed by atoms with Gasteiger partial charge in [0.25, 0.3) is 35.4 Å². The Bertz CT molecular complexity index is 4360. The van der Waals surface area contributed by atoms with E-state index in [1.54, 1.807) is 49.9 Å². The summed E-state index contributed by atoms with van der Waals surface area (Å²) in [5, 5.41) is 8.33. The summed E-state index contributed by atoms with van der Waals surface area (Å²) in [5.74, 6) is 0.0393. The summed E-state index contributed by atoms with van der Waals surface area (Å²) in [6.07, 6.45) is 2.84. The Hall–Kier alpha value is -9.46. The number of nitrogens with zero attached hydrogens (tertiary/aromatic N) is 7. The SMILES string of the molecule is COc1ccc([C@@H](CCCNC(=O)c2ccc(S(C)(=O)=O)s2)N2C(=O)c3cccc(N4CCN([C@H](C)c5ccccc5)CC4)c3C2=O)cc1OC.COc1ccc([C@@H](CCCNC(=O)c2csc(C)n2)N2C(=O)c3cccc(N4CCN([C@H](C)c5ccccc5)CC4)c3C2=O)cc1OC. The average molecular weight is 1400 g/mol. The highest BCUT2D eigenvalue weighted by atomic mass is 32.2. The Balaban J connectivity index is 0.000000200. The second-order valence-electron chi connectivity index (χ2n) is 24.8. The minimum absolute atomic E-state index is 0.120. The van der Waals surface area contributed by atoms with Crippen LogP contribution in [0.25, 0.3) is 0 Å². The molecule has 0 aliphatic carbocycles. The van der Waals surface area contributed by atoms with Gasteiger partial charge in [0, 0.05) is 89.2 Å². The predicted octanol–water partition coefficient (Wildman–Crippen LogP) is 11.5. The molecule has 2 aromatic heterocycles. The van der Waals surface area contributed by atoms with E-state index in [1.165, 1.54) is 58.6 Å². The summed E-state index contributed by atoms with van der Waals surface area (Å²) < 4.78 is 45.9. The van der Waals surface area contributed by atoms with E-state index in [0.717, 1.165) is 78.8 Å². The Labute approximate surface area is 586 Å². The number of amides is 6. The van der Waals surface area contributed by atoms with Crippen LogP contribution in [0.4, 0.5) is 11.4 Å². The summed E-state index contributed by atoms with van der Waals surface area (Å²) in [5.41, 5.74) is 7.54. The van der Waals surface area contributed by atoms with Gasteiger partial charge in [-0.2, -0.15) is 0 Å². The quantitative estimate of drug-likeness (QED) is 0.0400. The van der Waals surface area contributed by atoms with Crippen molar-refractivity contribution in [1.29, 1.82) is 0 Å². The van der Waals surface area contributed by atoms with Crippen molar-refractivity contribution in [1.82, 2.24) is 35.2 Å². The number of piperazine rings is 2. The summed E-state index contributed by atoms with van der Waals surface area (Å²) in [7, 11) is 2.77. The second kappa shape index (κ2) is 31.6. The first kappa shape index (κ1) is 70.8. The van der Waals surface area contributed by atoms with Crippen molar-refractivity contribution in [2.45, 2.75) is 74.8 Å². The molecule has 4 aliphatic rings. The number of sulfone groups is 1. The predicted molar refractivity (Wildman–Crippen MR) is 383 cm³/mol. The lowest BCUT2D eigenvalue weighted by atomic mass is 9.99. The minimum Gasteiger partial charge on any atom is -0.493 e. The fraction of sp³-hybridized carbons (Fsp3) is 0.347. The zero-order chi connectivity index (χ0) is 70.1. The van der Waals surface area contributed by atoms with Gasteiger partial charge in [0.05, 0.1) is 84.0 Å². The number of anilines is 2. The number of thiazole rings is 1. The maximum Gasteiger partial charge on any atom is 0.270 e. The van der Waals surface area contributed by atoms with Crippen LogP contribution in [0.5, 0.6) is 23.0 Å². The molecule has 0 bridgehead atoms. The van der Waals surface area contributed by atoms with Gasteiger partial charge in [0.1, 0.15) is 9.90 Å². The molecule has 0 saturated carbocycles. The lowest BCUT2D eigenvalue weighted by Crippen LogP contribution is -2.47. The lowest BCUT2D eigenvalue weighted by Gasteiger charge is -2.39. The number of nitrogens with one attached hydrogen (secondary N) is 2. The maximum absolute atomic E-state index is 14.4. The molecule has 4 aliphatic heterocycles.